The Kier molecular flexibility index (Phi) is 3.25. The Morgan fingerprint density at radius 3 is 2.53 bits per heavy atom. The molecule has 0 aliphatic carbocycles. The predicted octanol–water partition coefficient (Wildman–Crippen LogP) is 5.02. The Morgan fingerprint density at radius 2 is 1.79 bits per heavy atom. The highest BCUT2D eigenvalue weighted by atomic mass is 79.9. The molecule has 0 aliphatic rings. The fourth-order valence-electron chi connectivity index (χ4n) is 2.01. The second-order valence-corrected chi connectivity index (χ2v) is 5.56. The molecule has 4 heteroatoms. The third-order valence-electron chi connectivity index (χ3n) is 2.88. The summed E-state index contributed by atoms with van der Waals surface area (Å²) in [7, 11) is 0. The highest BCUT2D eigenvalue weighted by molar-refractivity contribution is 9.10. The molecular weight excluding hydrogens is 324 g/mol. The van der Waals surface area contributed by atoms with Gasteiger partial charge in [0.2, 0.25) is 0 Å². The molecule has 0 fully saturated rings. The molecule has 0 atom stereocenters. The summed E-state index contributed by atoms with van der Waals surface area (Å²) in [5, 5.41) is 1.35. The quantitative estimate of drug-likeness (QED) is 0.584. The van der Waals surface area contributed by atoms with Gasteiger partial charge in [-0.15, -0.1) is 0 Å². The third-order valence-corrected chi connectivity index (χ3v) is 3.78. The Morgan fingerprint density at radius 1 is 1.05 bits per heavy atom. The standard InChI is InChI=1S/C15H10BrClN2/c1-9-7-11-13(12(16)8-9)18-15(19-14(11)17)10-5-3-2-4-6-10/h2-8H,1H3. The van der Waals surface area contributed by atoms with Gasteiger partial charge >= 0.3 is 0 Å². The van der Waals surface area contributed by atoms with Gasteiger partial charge in [-0.25, -0.2) is 9.97 Å². The van der Waals surface area contributed by atoms with Gasteiger partial charge < -0.3 is 0 Å². The molecule has 0 radical (unpaired) electrons. The molecule has 19 heavy (non-hydrogen) atoms. The van der Waals surface area contributed by atoms with E-state index in [2.05, 4.69) is 25.9 Å². The van der Waals surface area contributed by atoms with Crippen LogP contribution in [0, 0.1) is 6.92 Å². The maximum Gasteiger partial charge on any atom is 0.161 e. The second kappa shape index (κ2) is 4.91. The molecule has 0 bridgehead atoms. The number of hydrogen-bond acceptors (Lipinski definition) is 2. The van der Waals surface area contributed by atoms with E-state index in [1.807, 2.05) is 49.4 Å². The van der Waals surface area contributed by atoms with Gasteiger partial charge in [-0.1, -0.05) is 41.9 Å². The van der Waals surface area contributed by atoms with Crippen LogP contribution in [0.2, 0.25) is 5.15 Å². The monoisotopic (exact) mass is 332 g/mol. The first-order valence-corrected chi connectivity index (χ1v) is 7.01. The van der Waals surface area contributed by atoms with Crippen molar-refractivity contribution in [1.29, 1.82) is 0 Å². The summed E-state index contributed by atoms with van der Waals surface area (Å²) >= 11 is 9.82. The van der Waals surface area contributed by atoms with Gasteiger partial charge in [0, 0.05) is 15.4 Å². The van der Waals surface area contributed by atoms with Gasteiger partial charge in [-0.05, 0) is 40.5 Å². The third kappa shape index (κ3) is 2.36. The van der Waals surface area contributed by atoms with Crippen LogP contribution < -0.4 is 0 Å². The zero-order chi connectivity index (χ0) is 13.4. The van der Waals surface area contributed by atoms with Crippen LogP contribution in [0.15, 0.2) is 46.9 Å². The van der Waals surface area contributed by atoms with Crippen LogP contribution in [0.5, 0.6) is 0 Å². The molecular formula is C15H10BrClN2. The minimum Gasteiger partial charge on any atom is -0.227 e. The molecule has 2 nitrogen and oxygen atoms in total. The van der Waals surface area contributed by atoms with Gasteiger partial charge in [-0.2, -0.15) is 0 Å². The van der Waals surface area contributed by atoms with Gasteiger partial charge in [0.1, 0.15) is 5.15 Å². The van der Waals surface area contributed by atoms with Gasteiger partial charge in [0.05, 0.1) is 5.52 Å². The average molecular weight is 334 g/mol. The van der Waals surface area contributed by atoms with Crippen molar-refractivity contribution < 1.29 is 0 Å². The number of aryl methyl sites for hydroxylation is 1. The van der Waals surface area contributed by atoms with Gasteiger partial charge in [-0.3, -0.25) is 0 Å². The lowest BCUT2D eigenvalue weighted by Gasteiger charge is -2.07. The number of benzene rings is 2. The highest BCUT2D eigenvalue weighted by Gasteiger charge is 2.10. The number of hydrogen-bond donors (Lipinski definition) is 0. The van der Waals surface area contributed by atoms with E-state index < -0.39 is 0 Å². The minimum atomic E-state index is 0.480. The smallest absolute Gasteiger partial charge is 0.161 e. The normalized spacial score (nSPS) is 10.9. The SMILES string of the molecule is Cc1cc(Br)c2nc(-c3ccccc3)nc(Cl)c2c1. The summed E-state index contributed by atoms with van der Waals surface area (Å²) in [6, 6.07) is 13.9. The van der Waals surface area contributed by atoms with E-state index >= 15 is 0 Å². The van der Waals surface area contributed by atoms with Gasteiger partial charge in [0.25, 0.3) is 0 Å². The molecule has 0 saturated carbocycles. The first kappa shape index (κ1) is 12.6. The number of nitrogens with zero attached hydrogens (tertiary/aromatic N) is 2. The summed E-state index contributed by atoms with van der Waals surface area (Å²) < 4.78 is 0.934. The lowest BCUT2D eigenvalue weighted by molar-refractivity contribution is 1.22. The first-order chi connectivity index (χ1) is 9.15. The average Bonchev–Trinajstić information content (AvgIpc) is 2.41. The van der Waals surface area contributed by atoms with E-state index in [0.717, 1.165) is 26.5 Å². The maximum absolute atomic E-state index is 6.28. The Hall–Kier alpha value is -1.45. The Labute approximate surface area is 124 Å². The summed E-state index contributed by atoms with van der Waals surface area (Å²) in [4.78, 5) is 8.99. The molecule has 3 aromatic rings. The summed E-state index contributed by atoms with van der Waals surface area (Å²) in [6.07, 6.45) is 0. The van der Waals surface area contributed by atoms with Crippen LogP contribution in [-0.4, -0.2) is 9.97 Å². The second-order valence-electron chi connectivity index (χ2n) is 4.35. The molecule has 2 aromatic carbocycles. The van der Waals surface area contributed by atoms with Crippen LogP contribution in [0.3, 0.4) is 0 Å². The van der Waals surface area contributed by atoms with Crippen molar-refractivity contribution in [2.45, 2.75) is 6.92 Å². The molecule has 3 rings (SSSR count). The van der Waals surface area contributed by atoms with Crippen molar-refractivity contribution in [2.75, 3.05) is 0 Å². The molecule has 0 aliphatic heterocycles. The van der Waals surface area contributed by atoms with E-state index in [-0.39, 0.29) is 0 Å². The molecule has 0 N–H and O–H groups in total. The van der Waals surface area contributed by atoms with E-state index in [4.69, 9.17) is 11.6 Å². The number of rotatable bonds is 1. The first-order valence-electron chi connectivity index (χ1n) is 5.84. The fourth-order valence-corrected chi connectivity index (χ4v) is 2.89. The van der Waals surface area contributed by atoms with Crippen LogP contribution >= 0.6 is 27.5 Å². The van der Waals surface area contributed by atoms with Crippen molar-refractivity contribution in [3.8, 4) is 11.4 Å². The minimum absolute atomic E-state index is 0.480. The zero-order valence-electron chi connectivity index (χ0n) is 10.2. The molecule has 0 amide bonds. The van der Waals surface area contributed by atoms with Crippen LogP contribution in [0.25, 0.3) is 22.3 Å². The van der Waals surface area contributed by atoms with Crippen molar-refractivity contribution in [2.24, 2.45) is 0 Å². The van der Waals surface area contributed by atoms with E-state index in [9.17, 15) is 0 Å². The van der Waals surface area contributed by atoms with Crippen molar-refractivity contribution >= 4 is 38.4 Å². The number of aromatic nitrogens is 2. The highest BCUT2D eigenvalue weighted by Crippen LogP contribution is 2.30. The van der Waals surface area contributed by atoms with Crippen LogP contribution in [-0.2, 0) is 0 Å². The topological polar surface area (TPSA) is 25.8 Å². The van der Waals surface area contributed by atoms with Crippen LogP contribution in [0.4, 0.5) is 0 Å². The van der Waals surface area contributed by atoms with Crippen molar-refractivity contribution in [1.82, 2.24) is 9.97 Å². The summed E-state index contributed by atoms with van der Waals surface area (Å²) in [5.41, 5.74) is 2.92. The zero-order valence-corrected chi connectivity index (χ0v) is 12.5. The summed E-state index contributed by atoms with van der Waals surface area (Å²) in [5.74, 6) is 0.641. The molecule has 94 valence electrons. The number of fused-ring (bicyclic) bond motifs is 1. The van der Waals surface area contributed by atoms with E-state index in [0.29, 0.717) is 11.0 Å². The number of halogens is 2. The Bertz CT molecular complexity index is 757. The predicted molar refractivity (Wildman–Crippen MR) is 82.4 cm³/mol. The molecule has 0 saturated heterocycles. The fraction of sp³-hybridized carbons (Fsp3) is 0.0667. The summed E-state index contributed by atoms with van der Waals surface area (Å²) in [6.45, 7) is 2.02. The molecule has 0 unspecified atom stereocenters. The molecule has 1 heterocycles. The van der Waals surface area contributed by atoms with E-state index in [1.165, 1.54) is 0 Å². The van der Waals surface area contributed by atoms with E-state index in [1.54, 1.807) is 0 Å². The molecule has 0 spiro atoms. The largest absolute Gasteiger partial charge is 0.227 e. The molecule has 1 aromatic heterocycles. The van der Waals surface area contributed by atoms with Crippen molar-refractivity contribution in [3.63, 3.8) is 0 Å². The maximum atomic E-state index is 6.28. The lowest BCUT2D eigenvalue weighted by Crippen LogP contribution is -1.93. The van der Waals surface area contributed by atoms with Gasteiger partial charge in [0.15, 0.2) is 5.82 Å². The Balaban J connectivity index is 2.31. The lowest BCUT2D eigenvalue weighted by atomic mass is 10.1. The van der Waals surface area contributed by atoms with Crippen LogP contribution in [0.1, 0.15) is 5.56 Å². The van der Waals surface area contributed by atoms with Crippen molar-refractivity contribution in [3.05, 3.63) is 57.7 Å².